The molecule has 0 radical (unpaired) electrons. The van der Waals surface area contributed by atoms with Crippen LogP contribution in [0.5, 0.6) is 0 Å². The molecular weight excluding hydrogens is 380 g/mol. The summed E-state index contributed by atoms with van der Waals surface area (Å²) in [6.45, 7) is 6.26. The Hall–Kier alpha value is -2.78. The lowest BCUT2D eigenvalue weighted by Crippen LogP contribution is -2.44. The number of fused-ring (bicyclic) bond motifs is 1. The number of halogens is 1. The topological polar surface area (TPSA) is 32.3 Å². The summed E-state index contributed by atoms with van der Waals surface area (Å²) in [5.41, 5.74) is 6.25. The van der Waals surface area contributed by atoms with Gasteiger partial charge in [-0.1, -0.05) is 41.4 Å². The molecule has 0 saturated carbocycles. The molecule has 1 N–H and O–H groups in total. The second-order valence-corrected chi connectivity index (χ2v) is 8.33. The zero-order valence-electron chi connectivity index (χ0n) is 16.9. The molecule has 0 saturated heterocycles. The zero-order chi connectivity index (χ0) is 20.5. The standard InChI is InChI=1S/C25H25ClN2O/c1-16-4-11-21(12-5-16)27-23-15-18(3)28(24-14-17(2)6-13-22(23)24)25(29)19-7-9-20(26)10-8-19/h4-14,18,23,27H,15H2,1-3H3/t18-,23-/m0/s1. The van der Waals surface area contributed by atoms with Crippen LogP contribution < -0.4 is 10.2 Å². The van der Waals surface area contributed by atoms with Crippen molar-refractivity contribution in [3.05, 3.63) is 94.0 Å². The van der Waals surface area contributed by atoms with Gasteiger partial charge in [-0.15, -0.1) is 0 Å². The first-order chi connectivity index (χ1) is 13.9. The Balaban J connectivity index is 1.70. The van der Waals surface area contributed by atoms with E-state index in [1.165, 1.54) is 5.56 Å². The maximum Gasteiger partial charge on any atom is 0.258 e. The third-order valence-corrected chi connectivity index (χ3v) is 5.79. The fourth-order valence-electron chi connectivity index (χ4n) is 4.00. The molecule has 0 spiro atoms. The molecule has 4 heteroatoms. The first-order valence-electron chi connectivity index (χ1n) is 9.95. The number of rotatable bonds is 3. The van der Waals surface area contributed by atoms with Gasteiger partial charge in [-0.25, -0.2) is 0 Å². The number of benzene rings is 3. The number of aryl methyl sites for hydroxylation is 2. The van der Waals surface area contributed by atoms with Crippen LogP contribution in [-0.2, 0) is 0 Å². The monoisotopic (exact) mass is 404 g/mol. The lowest BCUT2D eigenvalue weighted by atomic mass is 9.90. The number of hydrogen-bond acceptors (Lipinski definition) is 2. The molecule has 0 aromatic heterocycles. The second kappa shape index (κ2) is 7.92. The molecule has 4 rings (SSSR count). The van der Waals surface area contributed by atoms with Gasteiger partial charge in [-0.2, -0.15) is 0 Å². The van der Waals surface area contributed by atoms with Crippen LogP contribution in [0.25, 0.3) is 0 Å². The van der Waals surface area contributed by atoms with Gasteiger partial charge >= 0.3 is 0 Å². The number of anilines is 2. The van der Waals surface area contributed by atoms with Crippen LogP contribution in [0.2, 0.25) is 5.02 Å². The molecule has 0 aliphatic carbocycles. The van der Waals surface area contributed by atoms with Crippen LogP contribution in [0, 0.1) is 13.8 Å². The molecule has 0 fully saturated rings. The lowest BCUT2D eigenvalue weighted by Gasteiger charge is -2.40. The summed E-state index contributed by atoms with van der Waals surface area (Å²) in [5.74, 6) is 0.00908. The van der Waals surface area contributed by atoms with Gasteiger partial charge in [0.1, 0.15) is 0 Å². The predicted octanol–water partition coefficient (Wildman–Crippen LogP) is 6.55. The van der Waals surface area contributed by atoms with Crippen LogP contribution in [0.1, 0.15) is 46.4 Å². The Kier molecular flexibility index (Phi) is 5.33. The predicted molar refractivity (Wildman–Crippen MR) is 121 cm³/mol. The van der Waals surface area contributed by atoms with E-state index >= 15 is 0 Å². The Morgan fingerprint density at radius 1 is 0.966 bits per heavy atom. The van der Waals surface area contributed by atoms with Crippen molar-refractivity contribution in [3.8, 4) is 0 Å². The Morgan fingerprint density at radius 3 is 2.31 bits per heavy atom. The third kappa shape index (κ3) is 4.01. The maximum absolute atomic E-state index is 13.4. The molecule has 1 heterocycles. The van der Waals surface area contributed by atoms with E-state index in [0.717, 1.165) is 28.9 Å². The number of nitrogens with zero attached hydrogens (tertiary/aromatic N) is 1. The molecule has 1 aliphatic rings. The molecule has 3 aromatic carbocycles. The fourth-order valence-corrected chi connectivity index (χ4v) is 4.12. The highest BCUT2D eigenvalue weighted by Gasteiger charge is 2.34. The average Bonchev–Trinajstić information content (AvgIpc) is 2.70. The average molecular weight is 405 g/mol. The quantitative estimate of drug-likeness (QED) is 0.536. The van der Waals surface area contributed by atoms with Crippen molar-refractivity contribution >= 4 is 28.9 Å². The van der Waals surface area contributed by atoms with Gasteiger partial charge in [0, 0.05) is 28.0 Å². The van der Waals surface area contributed by atoms with Gasteiger partial charge in [0.15, 0.2) is 0 Å². The van der Waals surface area contributed by atoms with E-state index < -0.39 is 0 Å². The van der Waals surface area contributed by atoms with Gasteiger partial charge in [-0.3, -0.25) is 4.79 Å². The molecular formula is C25H25ClN2O. The molecule has 148 valence electrons. The van der Waals surface area contributed by atoms with Crippen molar-refractivity contribution in [3.63, 3.8) is 0 Å². The molecule has 0 unspecified atom stereocenters. The van der Waals surface area contributed by atoms with Crippen LogP contribution in [0.15, 0.2) is 66.7 Å². The van der Waals surface area contributed by atoms with Crippen molar-refractivity contribution < 1.29 is 4.79 Å². The summed E-state index contributed by atoms with van der Waals surface area (Å²) in [6.07, 6.45) is 0.837. The summed E-state index contributed by atoms with van der Waals surface area (Å²) in [5, 5.41) is 4.30. The van der Waals surface area contributed by atoms with E-state index in [9.17, 15) is 4.79 Å². The van der Waals surface area contributed by atoms with E-state index in [0.29, 0.717) is 10.6 Å². The van der Waals surface area contributed by atoms with E-state index in [1.807, 2.05) is 4.90 Å². The number of hydrogen-bond donors (Lipinski definition) is 1. The SMILES string of the molecule is Cc1ccc(N[C@H]2C[C@H](C)N(C(=O)c3ccc(Cl)cc3)c3cc(C)ccc32)cc1. The van der Waals surface area contributed by atoms with Gasteiger partial charge < -0.3 is 10.2 Å². The molecule has 1 aliphatic heterocycles. The van der Waals surface area contributed by atoms with Crippen LogP contribution in [0.3, 0.4) is 0 Å². The number of nitrogens with one attached hydrogen (secondary N) is 1. The van der Waals surface area contributed by atoms with E-state index in [4.69, 9.17) is 11.6 Å². The van der Waals surface area contributed by atoms with Gasteiger partial charge in [0.05, 0.1) is 6.04 Å². The van der Waals surface area contributed by atoms with Gasteiger partial charge in [0.2, 0.25) is 0 Å². The minimum Gasteiger partial charge on any atom is -0.378 e. The normalized spacial score (nSPS) is 18.3. The largest absolute Gasteiger partial charge is 0.378 e. The molecule has 0 bridgehead atoms. The Morgan fingerprint density at radius 2 is 1.62 bits per heavy atom. The highest BCUT2D eigenvalue weighted by Crippen LogP contribution is 2.40. The van der Waals surface area contributed by atoms with E-state index in [-0.39, 0.29) is 18.0 Å². The zero-order valence-corrected chi connectivity index (χ0v) is 17.7. The molecule has 3 aromatic rings. The van der Waals surface area contributed by atoms with Crippen molar-refractivity contribution in [2.24, 2.45) is 0 Å². The van der Waals surface area contributed by atoms with Crippen LogP contribution in [-0.4, -0.2) is 11.9 Å². The summed E-state index contributed by atoms with van der Waals surface area (Å²) in [7, 11) is 0. The minimum absolute atomic E-state index is 0.00908. The number of amides is 1. The van der Waals surface area contributed by atoms with Crippen molar-refractivity contribution in [2.45, 2.75) is 39.3 Å². The highest BCUT2D eigenvalue weighted by molar-refractivity contribution is 6.30. The van der Waals surface area contributed by atoms with Crippen LogP contribution in [0.4, 0.5) is 11.4 Å². The summed E-state index contributed by atoms with van der Waals surface area (Å²) in [4.78, 5) is 15.3. The molecule has 3 nitrogen and oxygen atoms in total. The Bertz CT molecular complexity index is 1030. The van der Waals surface area contributed by atoms with Crippen molar-refractivity contribution in [1.82, 2.24) is 0 Å². The Labute approximate surface area is 177 Å². The summed E-state index contributed by atoms with van der Waals surface area (Å²) >= 11 is 6.01. The van der Waals surface area contributed by atoms with E-state index in [2.05, 4.69) is 68.6 Å². The van der Waals surface area contributed by atoms with Crippen molar-refractivity contribution in [2.75, 3.05) is 10.2 Å². The lowest BCUT2D eigenvalue weighted by molar-refractivity contribution is 0.0974. The minimum atomic E-state index is 0.00908. The van der Waals surface area contributed by atoms with Gasteiger partial charge in [0.25, 0.3) is 5.91 Å². The number of carbonyl (C=O) groups is 1. The van der Waals surface area contributed by atoms with Gasteiger partial charge in [-0.05, 0) is 80.8 Å². The summed E-state index contributed by atoms with van der Waals surface area (Å²) < 4.78 is 0. The molecule has 29 heavy (non-hydrogen) atoms. The fraction of sp³-hybridized carbons (Fsp3) is 0.240. The molecule has 1 amide bonds. The first kappa shape index (κ1) is 19.5. The highest BCUT2D eigenvalue weighted by atomic mass is 35.5. The smallest absolute Gasteiger partial charge is 0.258 e. The second-order valence-electron chi connectivity index (χ2n) is 7.89. The van der Waals surface area contributed by atoms with Crippen molar-refractivity contribution in [1.29, 1.82) is 0 Å². The third-order valence-electron chi connectivity index (χ3n) is 5.54. The maximum atomic E-state index is 13.4. The van der Waals surface area contributed by atoms with E-state index in [1.54, 1.807) is 24.3 Å². The summed E-state index contributed by atoms with van der Waals surface area (Å²) in [6, 6.07) is 22.2. The van der Waals surface area contributed by atoms with Crippen LogP contribution >= 0.6 is 11.6 Å². The molecule has 2 atom stereocenters. The number of carbonyl (C=O) groups excluding carboxylic acids is 1. The first-order valence-corrected chi connectivity index (χ1v) is 10.3.